The monoisotopic (exact) mass is 436 g/mol. The molecule has 2 fully saturated rings. The molecule has 6 nitrogen and oxygen atoms in total. The maximum Gasteiger partial charge on any atom is 0.227 e. The number of methoxy groups -OCH3 is 1. The lowest BCUT2D eigenvalue weighted by atomic mass is 9.96. The Hall–Kier alpha value is -2.80. The Morgan fingerprint density at radius 2 is 1.77 bits per heavy atom. The van der Waals surface area contributed by atoms with E-state index in [1.165, 1.54) is 4.70 Å². The lowest BCUT2D eigenvalue weighted by molar-refractivity contribution is -0.136. The molecule has 162 valence electrons. The highest BCUT2D eigenvalue weighted by Crippen LogP contribution is 2.32. The van der Waals surface area contributed by atoms with E-state index in [0.717, 1.165) is 74.2 Å². The van der Waals surface area contributed by atoms with Gasteiger partial charge in [-0.1, -0.05) is 35.6 Å². The molecular weight excluding hydrogens is 408 g/mol. The van der Waals surface area contributed by atoms with Gasteiger partial charge in [0.2, 0.25) is 5.91 Å². The van der Waals surface area contributed by atoms with Gasteiger partial charge < -0.3 is 19.4 Å². The lowest BCUT2D eigenvalue weighted by Gasteiger charge is -2.40. The van der Waals surface area contributed by atoms with Gasteiger partial charge in [0.05, 0.1) is 28.9 Å². The van der Waals surface area contributed by atoms with Gasteiger partial charge in [0.1, 0.15) is 5.75 Å². The van der Waals surface area contributed by atoms with E-state index in [9.17, 15) is 4.79 Å². The van der Waals surface area contributed by atoms with Gasteiger partial charge in [-0.25, -0.2) is 4.98 Å². The first-order valence-electron chi connectivity index (χ1n) is 11.0. The highest BCUT2D eigenvalue weighted by Gasteiger charge is 2.32. The number of ether oxygens (including phenoxy) is 1. The van der Waals surface area contributed by atoms with Crippen LogP contribution in [-0.2, 0) is 4.79 Å². The maximum absolute atomic E-state index is 13.3. The van der Waals surface area contributed by atoms with Crippen molar-refractivity contribution in [1.29, 1.82) is 0 Å². The second-order valence-electron chi connectivity index (χ2n) is 8.23. The molecule has 0 N–H and O–H groups in total. The summed E-state index contributed by atoms with van der Waals surface area (Å²) in [4.78, 5) is 24.8. The fourth-order valence-corrected chi connectivity index (χ4v) is 5.67. The Morgan fingerprint density at radius 3 is 2.58 bits per heavy atom. The van der Waals surface area contributed by atoms with Crippen LogP contribution in [-0.4, -0.2) is 62.2 Å². The van der Waals surface area contributed by atoms with Gasteiger partial charge in [0.15, 0.2) is 5.13 Å². The van der Waals surface area contributed by atoms with Crippen molar-refractivity contribution in [2.75, 3.05) is 56.2 Å². The Labute approximate surface area is 187 Å². The molecule has 3 aromatic rings. The summed E-state index contributed by atoms with van der Waals surface area (Å²) in [6.45, 7) is 4.93. The van der Waals surface area contributed by atoms with Crippen molar-refractivity contribution in [2.24, 2.45) is 5.92 Å². The van der Waals surface area contributed by atoms with E-state index in [4.69, 9.17) is 9.72 Å². The number of para-hydroxylation sites is 3. The summed E-state index contributed by atoms with van der Waals surface area (Å²) in [5.41, 5.74) is 2.15. The van der Waals surface area contributed by atoms with Crippen molar-refractivity contribution in [1.82, 2.24) is 9.88 Å². The topological polar surface area (TPSA) is 48.9 Å². The van der Waals surface area contributed by atoms with Crippen LogP contribution in [0.2, 0.25) is 0 Å². The highest BCUT2D eigenvalue weighted by atomic mass is 32.1. The van der Waals surface area contributed by atoms with Crippen molar-refractivity contribution >= 4 is 38.3 Å². The summed E-state index contributed by atoms with van der Waals surface area (Å²) < 4.78 is 6.72. The molecule has 1 aromatic heterocycles. The molecule has 2 aliphatic heterocycles. The van der Waals surface area contributed by atoms with Crippen LogP contribution in [0.4, 0.5) is 10.8 Å². The minimum atomic E-state index is 0.0542. The molecule has 0 saturated carbocycles. The normalized spacial score (nSPS) is 19.6. The number of piperidine rings is 1. The van der Waals surface area contributed by atoms with Gasteiger partial charge in [-0.15, -0.1) is 0 Å². The molecule has 0 radical (unpaired) electrons. The van der Waals surface area contributed by atoms with E-state index in [1.807, 2.05) is 24.3 Å². The predicted octanol–water partition coefficient (Wildman–Crippen LogP) is 3.87. The molecule has 3 heterocycles. The van der Waals surface area contributed by atoms with Gasteiger partial charge >= 0.3 is 0 Å². The number of carbonyl (C=O) groups is 1. The number of amides is 1. The summed E-state index contributed by atoms with van der Waals surface area (Å²) >= 11 is 1.73. The van der Waals surface area contributed by atoms with Crippen LogP contribution < -0.4 is 14.5 Å². The molecule has 5 rings (SSSR count). The Kier molecular flexibility index (Phi) is 5.68. The predicted molar refractivity (Wildman–Crippen MR) is 126 cm³/mol. The molecule has 2 saturated heterocycles. The van der Waals surface area contributed by atoms with Gasteiger partial charge in [0.25, 0.3) is 0 Å². The van der Waals surface area contributed by atoms with Gasteiger partial charge in [-0.05, 0) is 37.1 Å². The molecule has 1 atom stereocenters. The molecule has 0 spiro atoms. The third kappa shape index (κ3) is 4.06. The number of thiazole rings is 1. The van der Waals surface area contributed by atoms with E-state index in [-0.39, 0.29) is 5.92 Å². The van der Waals surface area contributed by atoms with Crippen molar-refractivity contribution < 1.29 is 9.53 Å². The number of aromatic nitrogens is 1. The summed E-state index contributed by atoms with van der Waals surface area (Å²) in [6, 6.07) is 16.4. The second-order valence-corrected chi connectivity index (χ2v) is 9.24. The average Bonchev–Trinajstić information content (AvgIpc) is 3.28. The molecule has 7 heteroatoms. The number of carbonyl (C=O) groups excluding carboxylic acids is 1. The molecule has 2 aliphatic rings. The Balaban J connectivity index is 1.22. The van der Waals surface area contributed by atoms with Crippen molar-refractivity contribution in [3.63, 3.8) is 0 Å². The number of hydrogen-bond acceptors (Lipinski definition) is 6. The third-order valence-corrected chi connectivity index (χ3v) is 7.44. The van der Waals surface area contributed by atoms with Crippen molar-refractivity contribution in [2.45, 2.75) is 12.8 Å². The Morgan fingerprint density at radius 1 is 1.00 bits per heavy atom. The van der Waals surface area contributed by atoms with Crippen LogP contribution >= 0.6 is 11.3 Å². The molecule has 0 bridgehead atoms. The molecule has 1 amide bonds. The quantitative estimate of drug-likeness (QED) is 0.621. The number of benzene rings is 2. The second kappa shape index (κ2) is 8.75. The largest absolute Gasteiger partial charge is 0.495 e. The van der Waals surface area contributed by atoms with E-state index in [0.29, 0.717) is 5.91 Å². The summed E-state index contributed by atoms with van der Waals surface area (Å²) in [5.74, 6) is 1.24. The smallest absolute Gasteiger partial charge is 0.227 e. The van der Waals surface area contributed by atoms with Crippen LogP contribution in [0.15, 0.2) is 48.5 Å². The number of rotatable bonds is 4. The molecular formula is C24H28N4O2S. The molecule has 2 aromatic carbocycles. The molecule has 0 aliphatic carbocycles. The number of piperazine rings is 1. The fraction of sp³-hybridized carbons (Fsp3) is 0.417. The average molecular weight is 437 g/mol. The molecule has 1 unspecified atom stereocenters. The first-order chi connectivity index (χ1) is 15.2. The van der Waals surface area contributed by atoms with Crippen LogP contribution in [0, 0.1) is 5.92 Å². The zero-order chi connectivity index (χ0) is 21.2. The van der Waals surface area contributed by atoms with Crippen LogP contribution in [0.25, 0.3) is 10.2 Å². The minimum Gasteiger partial charge on any atom is -0.495 e. The first-order valence-corrected chi connectivity index (χ1v) is 11.8. The van der Waals surface area contributed by atoms with Crippen LogP contribution in [0.5, 0.6) is 5.75 Å². The zero-order valence-electron chi connectivity index (χ0n) is 17.9. The minimum absolute atomic E-state index is 0.0542. The standard InChI is InChI=1S/C24H28N4O2S/c1-30-21-10-4-3-9-20(21)26-13-15-27(16-14-26)23(29)18-7-6-12-28(17-18)24-25-19-8-2-5-11-22(19)31-24/h2-5,8-11,18H,6-7,12-17H2,1H3. The number of fused-ring (bicyclic) bond motifs is 1. The van der Waals surface area contributed by atoms with E-state index in [1.54, 1.807) is 18.4 Å². The van der Waals surface area contributed by atoms with Crippen LogP contribution in [0.3, 0.4) is 0 Å². The summed E-state index contributed by atoms with van der Waals surface area (Å²) in [7, 11) is 1.71. The fourth-order valence-electron chi connectivity index (χ4n) is 4.66. The SMILES string of the molecule is COc1ccccc1N1CCN(C(=O)C2CCCN(c3nc4ccccc4s3)C2)CC1. The van der Waals surface area contributed by atoms with Gasteiger partial charge in [-0.2, -0.15) is 0 Å². The first kappa shape index (κ1) is 20.1. The van der Waals surface area contributed by atoms with Crippen molar-refractivity contribution in [3.8, 4) is 5.75 Å². The van der Waals surface area contributed by atoms with Crippen LogP contribution in [0.1, 0.15) is 12.8 Å². The highest BCUT2D eigenvalue weighted by molar-refractivity contribution is 7.22. The third-order valence-electron chi connectivity index (χ3n) is 6.34. The van der Waals surface area contributed by atoms with E-state index >= 15 is 0 Å². The zero-order valence-corrected chi connectivity index (χ0v) is 18.7. The maximum atomic E-state index is 13.3. The van der Waals surface area contributed by atoms with Gasteiger partial charge in [0, 0.05) is 39.3 Å². The lowest BCUT2D eigenvalue weighted by Crippen LogP contribution is -2.52. The summed E-state index contributed by atoms with van der Waals surface area (Å²) in [6.07, 6.45) is 2.00. The number of nitrogens with zero attached hydrogens (tertiary/aromatic N) is 4. The van der Waals surface area contributed by atoms with E-state index < -0.39 is 0 Å². The Bertz CT molecular complexity index is 1030. The van der Waals surface area contributed by atoms with E-state index in [2.05, 4.69) is 39.0 Å². The summed E-state index contributed by atoms with van der Waals surface area (Å²) in [5, 5.41) is 1.04. The van der Waals surface area contributed by atoms with Crippen molar-refractivity contribution in [3.05, 3.63) is 48.5 Å². The van der Waals surface area contributed by atoms with Gasteiger partial charge in [-0.3, -0.25) is 4.79 Å². The number of hydrogen-bond donors (Lipinski definition) is 0. The molecule has 31 heavy (non-hydrogen) atoms. The number of anilines is 2.